The maximum Gasteiger partial charge on any atom is 0.340 e. The number of carbonyl (C=O) groups excluding carboxylic acids is 2. The molecule has 2 aromatic carbocycles. The predicted molar refractivity (Wildman–Crippen MR) is 126 cm³/mol. The molecule has 0 aliphatic rings. The first-order chi connectivity index (χ1) is 16.0. The molecule has 0 unspecified atom stereocenters. The van der Waals surface area contributed by atoms with Crippen molar-refractivity contribution in [2.75, 3.05) is 11.9 Å². The Bertz CT molecular complexity index is 1370. The van der Waals surface area contributed by atoms with Crippen LogP contribution in [0.4, 0.5) is 5.69 Å². The van der Waals surface area contributed by atoms with Crippen LogP contribution in [0.5, 0.6) is 0 Å². The van der Waals surface area contributed by atoms with Gasteiger partial charge in [0.05, 0.1) is 24.2 Å². The number of nitrogens with zero attached hydrogens (tertiary/aromatic N) is 3. The number of para-hydroxylation sites is 1. The monoisotopic (exact) mass is 444 g/mol. The number of aromatic nitrogens is 3. The second kappa shape index (κ2) is 9.52. The van der Waals surface area contributed by atoms with Crippen LogP contribution < -0.4 is 10.9 Å². The van der Waals surface area contributed by atoms with E-state index in [1.807, 2.05) is 37.3 Å². The molecule has 0 radical (unpaired) electrons. The highest BCUT2D eigenvalue weighted by Crippen LogP contribution is 2.27. The second-order valence-corrected chi connectivity index (χ2v) is 7.38. The van der Waals surface area contributed by atoms with Gasteiger partial charge in [0, 0.05) is 18.3 Å². The Morgan fingerprint density at radius 3 is 2.45 bits per heavy atom. The van der Waals surface area contributed by atoms with Gasteiger partial charge in [0.25, 0.3) is 5.56 Å². The van der Waals surface area contributed by atoms with Gasteiger partial charge in [-0.2, -0.15) is 0 Å². The first-order valence-electron chi connectivity index (χ1n) is 10.7. The molecule has 8 heteroatoms. The number of fused-ring (bicyclic) bond motifs is 1. The van der Waals surface area contributed by atoms with E-state index in [1.54, 1.807) is 42.0 Å². The molecule has 2 heterocycles. The predicted octanol–water partition coefficient (Wildman–Crippen LogP) is 3.70. The molecule has 0 aliphatic carbocycles. The summed E-state index contributed by atoms with van der Waals surface area (Å²) in [5, 5.41) is 2.77. The highest BCUT2D eigenvalue weighted by atomic mass is 16.5. The van der Waals surface area contributed by atoms with Crippen LogP contribution >= 0.6 is 0 Å². The van der Waals surface area contributed by atoms with Crippen molar-refractivity contribution in [1.82, 2.24) is 14.1 Å². The highest BCUT2D eigenvalue weighted by molar-refractivity contribution is 6.02. The maximum absolute atomic E-state index is 13.1. The molecule has 33 heavy (non-hydrogen) atoms. The van der Waals surface area contributed by atoms with Crippen molar-refractivity contribution in [2.24, 2.45) is 0 Å². The summed E-state index contributed by atoms with van der Waals surface area (Å²) in [7, 11) is 0. The molecule has 1 N–H and O–H groups in total. The molecule has 4 aromatic rings. The van der Waals surface area contributed by atoms with Gasteiger partial charge in [-0.05, 0) is 31.5 Å². The topological polar surface area (TPSA) is 95.2 Å². The van der Waals surface area contributed by atoms with Gasteiger partial charge in [-0.3, -0.25) is 14.2 Å². The number of amides is 1. The Balaban J connectivity index is 1.72. The highest BCUT2D eigenvalue weighted by Gasteiger charge is 2.19. The summed E-state index contributed by atoms with van der Waals surface area (Å²) in [4.78, 5) is 42.8. The summed E-state index contributed by atoms with van der Waals surface area (Å²) in [6, 6.07) is 16.2. The number of rotatable bonds is 7. The van der Waals surface area contributed by atoms with E-state index in [-0.39, 0.29) is 30.2 Å². The van der Waals surface area contributed by atoms with Crippen LogP contribution in [-0.4, -0.2) is 32.6 Å². The fourth-order valence-electron chi connectivity index (χ4n) is 3.72. The summed E-state index contributed by atoms with van der Waals surface area (Å²) >= 11 is 0. The number of esters is 1. The van der Waals surface area contributed by atoms with Gasteiger partial charge in [-0.15, -0.1) is 0 Å². The fraction of sp³-hybridized carbons (Fsp3) is 0.200. The number of benzene rings is 2. The van der Waals surface area contributed by atoms with Gasteiger partial charge in [0.15, 0.2) is 0 Å². The number of carbonyl (C=O) groups is 2. The summed E-state index contributed by atoms with van der Waals surface area (Å²) in [6.45, 7) is 4.16. The Hall–Kier alpha value is -4.20. The molecule has 0 aliphatic heterocycles. The molecule has 0 spiro atoms. The standard InChI is InChI=1S/C25H24N4O4/c1-3-28-16-26-22-19(17-10-6-5-7-11-17)14-29(23(22)24(28)31)15-21(30)27-20-13-9-8-12-18(20)25(32)33-4-2/h5-14,16H,3-4,15H2,1-2H3,(H,27,30). The molecule has 4 rings (SSSR count). The number of nitrogens with one attached hydrogen (secondary N) is 1. The maximum atomic E-state index is 13.1. The molecule has 8 nitrogen and oxygen atoms in total. The van der Waals surface area contributed by atoms with Gasteiger partial charge < -0.3 is 14.6 Å². The molecular weight excluding hydrogens is 420 g/mol. The molecule has 0 saturated carbocycles. The molecule has 168 valence electrons. The van der Waals surface area contributed by atoms with E-state index in [0.29, 0.717) is 23.3 Å². The number of ether oxygens (including phenoxy) is 1. The average Bonchev–Trinajstić information content (AvgIpc) is 3.19. The van der Waals surface area contributed by atoms with Crippen molar-refractivity contribution in [3.63, 3.8) is 0 Å². The van der Waals surface area contributed by atoms with Gasteiger partial charge in [0.2, 0.25) is 5.91 Å². The van der Waals surface area contributed by atoms with Crippen LogP contribution in [-0.2, 0) is 22.6 Å². The number of hydrogen-bond acceptors (Lipinski definition) is 5. The fourth-order valence-corrected chi connectivity index (χ4v) is 3.72. The lowest BCUT2D eigenvalue weighted by molar-refractivity contribution is -0.116. The summed E-state index contributed by atoms with van der Waals surface area (Å²) in [6.07, 6.45) is 3.29. The zero-order valence-electron chi connectivity index (χ0n) is 18.4. The smallest absolute Gasteiger partial charge is 0.340 e. The Kier molecular flexibility index (Phi) is 6.35. The van der Waals surface area contributed by atoms with Crippen molar-refractivity contribution in [2.45, 2.75) is 26.9 Å². The Labute approximate surface area is 190 Å². The van der Waals surface area contributed by atoms with E-state index >= 15 is 0 Å². The van der Waals surface area contributed by atoms with E-state index in [1.165, 1.54) is 10.9 Å². The molecule has 0 atom stereocenters. The zero-order valence-corrected chi connectivity index (χ0v) is 18.4. The van der Waals surface area contributed by atoms with Crippen LogP contribution in [0.1, 0.15) is 24.2 Å². The van der Waals surface area contributed by atoms with Crippen molar-refractivity contribution in [1.29, 1.82) is 0 Å². The normalized spacial score (nSPS) is 10.8. The lowest BCUT2D eigenvalue weighted by atomic mass is 10.1. The first kappa shape index (κ1) is 22.0. The SMILES string of the molecule is CCOC(=O)c1ccccc1NC(=O)Cn1cc(-c2ccccc2)c2ncn(CC)c(=O)c21. The third-order valence-electron chi connectivity index (χ3n) is 5.28. The molecular formula is C25H24N4O4. The summed E-state index contributed by atoms with van der Waals surface area (Å²) < 4.78 is 8.19. The van der Waals surface area contributed by atoms with E-state index in [0.717, 1.165) is 11.1 Å². The van der Waals surface area contributed by atoms with Crippen molar-refractivity contribution < 1.29 is 14.3 Å². The summed E-state index contributed by atoms with van der Waals surface area (Å²) in [5.74, 6) is -0.893. The van der Waals surface area contributed by atoms with Crippen molar-refractivity contribution in [3.05, 3.63) is 83.0 Å². The van der Waals surface area contributed by atoms with Gasteiger partial charge in [0.1, 0.15) is 17.6 Å². The van der Waals surface area contributed by atoms with Gasteiger partial charge >= 0.3 is 5.97 Å². The van der Waals surface area contributed by atoms with Crippen LogP contribution in [0.2, 0.25) is 0 Å². The second-order valence-electron chi connectivity index (χ2n) is 7.38. The van der Waals surface area contributed by atoms with Crippen molar-refractivity contribution >= 4 is 28.6 Å². The van der Waals surface area contributed by atoms with Crippen LogP contribution in [0, 0.1) is 0 Å². The van der Waals surface area contributed by atoms with E-state index < -0.39 is 5.97 Å². The van der Waals surface area contributed by atoms with E-state index in [9.17, 15) is 14.4 Å². The first-order valence-corrected chi connectivity index (χ1v) is 10.7. The largest absolute Gasteiger partial charge is 0.462 e. The minimum Gasteiger partial charge on any atom is -0.462 e. The van der Waals surface area contributed by atoms with Crippen LogP contribution in [0.3, 0.4) is 0 Å². The molecule has 2 aromatic heterocycles. The number of hydrogen-bond donors (Lipinski definition) is 1. The molecule has 0 bridgehead atoms. The minimum atomic E-state index is -0.513. The Morgan fingerprint density at radius 1 is 1.00 bits per heavy atom. The number of anilines is 1. The third-order valence-corrected chi connectivity index (χ3v) is 5.28. The number of aryl methyl sites for hydroxylation is 1. The molecule has 0 fully saturated rings. The quantitative estimate of drug-likeness (QED) is 0.439. The van der Waals surface area contributed by atoms with E-state index in [4.69, 9.17) is 4.74 Å². The third kappa shape index (κ3) is 4.41. The lowest BCUT2D eigenvalue weighted by Gasteiger charge is -2.11. The summed E-state index contributed by atoms with van der Waals surface area (Å²) in [5.41, 5.74) is 2.96. The molecule has 1 amide bonds. The van der Waals surface area contributed by atoms with Crippen molar-refractivity contribution in [3.8, 4) is 11.1 Å². The average molecular weight is 444 g/mol. The lowest BCUT2D eigenvalue weighted by Crippen LogP contribution is -2.25. The zero-order chi connectivity index (χ0) is 23.4. The molecule has 0 saturated heterocycles. The van der Waals surface area contributed by atoms with Gasteiger partial charge in [-0.1, -0.05) is 42.5 Å². The van der Waals surface area contributed by atoms with E-state index in [2.05, 4.69) is 10.3 Å². The minimum absolute atomic E-state index is 0.120. The van der Waals surface area contributed by atoms with Crippen LogP contribution in [0.25, 0.3) is 22.2 Å². The Morgan fingerprint density at radius 2 is 1.73 bits per heavy atom. The van der Waals surface area contributed by atoms with Crippen LogP contribution in [0.15, 0.2) is 71.9 Å². The van der Waals surface area contributed by atoms with Gasteiger partial charge in [-0.25, -0.2) is 9.78 Å².